The van der Waals surface area contributed by atoms with Crippen LogP contribution in [0.1, 0.15) is 260 Å². The molecule has 0 aliphatic carbocycles. The molecule has 8 aromatic heterocycles. The maximum atomic E-state index is 13.6. The van der Waals surface area contributed by atoms with Gasteiger partial charge in [0.25, 0.3) is 63.7 Å². The quantitative estimate of drug-likeness (QED) is 0.0260. The molecule has 120 heavy (non-hydrogen) atoms. The number of hydrogen-bond donors (Lipinski definition) is 8. The molecule has 632 valence electrons. The molecule has 0 unspecified atom stereocenters. The Hall–Kier alpha value is -11.9. The Morgan fingerprint density at radius 2 is 0.583 bits per heavy atom. The number of ketones is 4. The first-order chi connectivity index (χ1) is 78.2. The van der Waals surface area contributed by atoms with E-state index in [1.807, 2.05) is 0 Å². The number of benzene rings is 4. The predicted molar refractivity (Wildman–Crippen MR) is 460 cm³/mol. The standard InChI is InChI=1S/4C20H21N3O5S2/c4*1-10-8-11(2)17(15(9-10)14(5)24)21-19(25)18-16(6-7-29-18)30(26,27)23-20-12(3)13(4)22-28-20/h4*6-9,23H,1-5H3,(H,21,25)/i1D3,2D3,4D3,5D3,8D;1D3,2D3,3D3,5D3,8D;3D3,4D3,5D3,8D;1D3,2D3,5D3,8D/hD8. The fraction of sp³-hybridized carbons (Fsp3) is 0.250. The molecule has 0 fully saturated rings. The number of thiophene rings is 4. The number of carbonyl (C=O) groups is 8. The molecule has 0 atom stereocenters. The predicted octanol–water partition coefficient (Wildman–Crippen LogP) is 16.9. The maximum Gasteiger partial charge on any atom is 0.267 e. The molecule has 32 nitrogen and oxygen atoms in total. The third-order valence-electron chi connectivity index (χ3n) is 15.1. The van der Waals surface area contributed by atoms with E-state index in [1.54, 1.807) is 0 Å². The zero-order valence-corrected chi connectivity index (χ0v) is 67.3. The number of Topliss-reactive ketones (excluding diaryl/α,β-unsaturated/α-hetero) is 4. The van der Waals surface area contributed by atoms with Gasteiger partial charge in [-0.3, -0.25) is 38.4 Å². The van der Waals surface area contributed by atoms with E-state index < -0.39 is 369 Å². The Labute approximate surface area is 784 Å². The summed E-state index contributed by atoms with van der Waals surface area (Å²) in [5.41, 5.74) is -19.6. The number of sulfonamides is 4. The van der Waals surface area contributed by atoms with Gasteiger partial charge < -0.3 is 39.3 Å². The molecule has 0 radical (unpaired) electrons. The minimum atomic E-state index is -5.22. The topological polar surface area (TPSA) is 473 Å². The molecule has 12 aromatic rings. The van der Waals surface area contributed by atoms with E-state index in [0.29, 0.717) is 63.5 Å². The fourth-order valence-electron chi connectivity index (χ4n) is 9.33. The van der Waals surface area contributed by atoms with Crippen molar-refractivity contribution in [3.8, 4) is 0 Å². The van der Waals surface area contributed by atoms with Gasteiger partial charge in [0, 0.05) is 102 Å². The number of aromatic nitrogens is 4. The molecule has 0 saturated heterocycles. The molecule has 12 rings (SSSR count). The van der Waals surface area contributed by atoms with Gasteiger partial charge in [0.1, 0.15) is 39.1 Å². The average Bonchev–Trinajstić information content (AvgIpc) is 0.951. The van der Waals surface area contributed by atoms with Crippen LogP contribution in [-0.2, 0) is 40.1 Å². The molecule has 4 amide bonds. The number of anilines is 8. The van der Waals surface area contributed by atoms with Crippen molar-refractivity contribution in [2.24, 2.45) is 0 Å². The zero-order valence-electron chi connectivity index (χ0n) is 115. The molecule has 8 N–H and O–H groups in total. The van der Waals surface area contributed by atoms with E-state index in [-0.39, 0.29) is 75.1 Å². The van der Waals surface area contributed by atoms with Gasteiger partial charge in [-0.1, -0.05) is 44.8 Å². The van der Waals surface area contributed by atoms with E-state index in [2.05, 4.69) is 25.1 Å². The van der Waals surface area contributed by atoms with Crippen LogP contribution in [0.2, 0.25) is 11.3 Å². The molecular weight excluding hydrogens is 1710 g/mol. The van der Waals surface area contributed by atoms with Gasteiger partial charge in [-0.05, 0) is 252 Å². The summed E-state index contributed by atoms with van der Waals surface area (Å²) < 4.78 is 545. The van der Waals surface area contributed by atoms with Gasteiger partial charge in [0.05, 0.1) is 51.0 Å². The lowest BCUT2D eigenvalue weighted by Crippen LogP contribution is -2.20. The molecule has 4 aromatic carbocycles. The SMILES string of the molecule is [2H]c1c(C([2H])([2H])[2H])cc(C(=O)C([2H])([2H])[2H])c(N([2H])C(=O)c2sccc2S(=O)(=O)N([2H])c2onc(C([2H])([2H])[2H])c2C)c1C([2H])([2H])[2H].[2H]c1c(C([2H])([2H])[2H])cc(C(=O)C([2H])([2H])[2H])c(N([2H])C(=O)c2sccc2S(=O)(=O)N([2H])c2onc(C)c2C([2H])([2H])[2H])c1C([2H])([2H])[2H].[2H]c1c(C([2H])([2H])[2H])cc(C(=O)C([2H])([2H])[2H])c(N([2H])C(=O)c2sccc2S(=O)(=O)N([2H])c2onc(C)c2C)c1C([2H])([2H])[2H].[2H]c1c(C)cc(C(=O)C([2H])([2H])[2H])c(N([2H])C(=O)c2sccc2S(=O)(=O)N([2H])c2onc(C([2H])([2H])[2H])c2C([2H])([2H])[2H])c1C. The number of carbonyl (C=O) groups excluding carboxylic acids is 8. The second-order valence-electron chi connectivity index (χ2n) is 23.3. The van der Waals surface area contributed by atoms with Gasteiger partial charge in [-0.2, -0.15) is 0 Å². The normalized spacial score (nSPS) is 19.4. The number of nitrogens with one attached hydrogen (secondary N) is 8. The van der Waals surface area contributed by atoms with E-state index >= 15 is 0 Å². The summed E-state index contributed by atoms with van der Waals surface area (Å²) in [7, 11) is -20.5. The second kappa shape index (κ2) is 37.2. The summed E-state index contributed by atoms with van der Waals surface area (Å²) in [6.07, 6.45) is 0. The number of amides is 4. The molecule has 0 spiro atoms. The first-order valence-corrected chi connectivity index (χ1v) is 41.0. The molecule has 40 heteroatoms. The molecular formula is C80H84N12O20S8. The summed E-state index contributed by atoms with van der Waals surface area (Å²) in [5.74, 6) is -17.1. The highest BCUT2D eigenvalue weighted by molar-refractivity contribution is 7.94. The Bertz CT molecular complexity index is 8900. The third-order valence-corrected chi connectivity index (χ3v) is 24.4. The van der Waals surface area contributed by atoms with Crippen molar-refractivity contribution in [1.29, 1.82) is 0 Å². The van der Waals surface area contributed by atoms with Crippen LogP contribution in [0.15, 0.2) is 132 Å². The van der Waals surface area contributed by atoms with Crippen molar-refractivity contribution in [2.75, 3.05) is 40.1 Å². The minimum Gasteiger partial charge on any atom is -0.337 e. The minimum absolute atomic E-state index is 0.0555. The molecule has 0 saturated carbocycles. The third kappa shape index (κ3) is 21.0. The van der Waals surface area contributed by atoms with Crippen molar-refractivity contribution in [3.63, 3.8) is 0 Å². The average molecular weight is 1840 g/mol. The highest BCUT2D eigenvalue weighted by atomic mass is 32.2. The summed E-state index contributed by atoms with van der Waals surface area (Å²) in [5, 5.41) is 16.7. The Kier molecular flexibility index (Phi) is 13.3. The Morgan fingerprint density at radius 3 is 0.850 bits per heavy atom. The highest BCUT2D eigenvalue weighted by Gasteiger charge is 2.33. The van der Waals surface area contributed by atoms with Gasteiger partial charge in [0.2, 0.25) is 23.5 Å². The van der Waals surface area contributed by atoms with Crippen molar-refractivity contribution in [3.05, 3.63) is 226 Å². The van der Waals surface area contributed by atoms with E-state index in [9.17, 15) is 72.0 Å². The lowest BCUT2D eigenvalue weighted by atomic mass is 10.0. The van der Waals surface area contributed by atoms with Crippen LogP contribution < -0.4 is 40.1 Å². The monoisotopic (exact) mass is 1840 g/mol. The number of aryl methyl sites for hydroxylation is 8. The summed E-state index contributed by atoms with van der Waals surface area (Å²) in [6.45, 7) is -38.4. The van der Waals surface area contributed by atoms with Crippen LogP contribution in [0.25, 0.3) is 0 Å². The zero-order chi connectivity index (χ0) is 134. The molecule has 0 bridgehead atoms. The highest BCUT2D eigenvalue weighted by Crippen LogP contribution is 2.36. The Balaban J connectivity index is 0.000000254. The first kappa shape index (κ1) is 42.8. The van der Waals surface area contributed by atoms with Crippen LogP contribution in [0, 0.1) is 110 Å². The maximum absolute atomic E-state index is 13.6. The van der Waals surface area contributed by atoms with Crippen molar-refractivity contribution in [1.82, 2.24) is 20.6 Å². The van der Waals surface area contributed by atoms with Crippen LogP contribution >= 0.6 is 45.3 Å². The van der Waals surface area contributed by atoms with E-state index in [1.165, 1.54) is 34.6 Å². The number of nitrogens with zero attached hydrogens (tertiary/aromatic N) is 4. The van der Waals surface area contributed by atoms with Crippen LogP contribution in [0.3, 0.4) is 0 Å². The smallest absolute Gasteiger partial charge is 0.267 e. The van der Waals surface area contributed by atoms with Crippen LogP contribution in [-0.4, -0.2) is 101 Å². The second-order valence-corrected chi connectivity index (χ2v) is 33.3. The molecule has 8 heterocycles. The number of rotatable bonds is 24. The van der Waals surface area contributed by atoms with Crippen molar-refractivity contribution < 1.29 is 164 Å². The Morgan fingerprint density at radius 1 is 0.333 bits per heavy atom. The molecule has 0 aliphatic heterocycles. The van der Waals surface area contributed by atoms with Gasteiger partial charge in [0.15, 0.2) is 34.4 Å². The largest absolute Gasteiger partial charge is 0.337 e. The lowest BCUT2D eigenvalue weighted by molar-refractivity contribution is 0.100. The lowest BCUT2D eigenvalue weighted by Gasteiger charge is -2.14. The summed E-state index contributed by atoms with van der Waals surface area (Å²) >= 11 is 1.65. The van der Waals surface area contributed by atoms with Crippen LogP contribution in [0.4, 0.5) is 46.3 Å². The summed E-state index contributed by atoms with van der Waals surface area (Å²) in [6, 6.07) is 1.60. The van der Waals surface area contributed by atoms with Crippen LogP contribution in [0.5, 0.6) is 0 Å². The van der Waals surface area contributed by atoms with E-state index in [0.717, 1.165) is 58.8 Å². The van der Waals surface area contributed by atoms with Crippen molar-refractivity contribution in [2.45, 2.75) is 157 Å². The number of hydrogen-bond acceptors (Lipinski definition) is 28. The van der Waals surface area contributed by atoms with Gasteiger partial charge >= 0.3 is 0 Å². The van der Waals surface area contributed by atoms with Gasteiger partial charge in [-0.15, -0.1) is 45.3 Å². The molecule has 0 aliphatic rings. The first-order valence-electron chi connectivity index (χ1n) is 58.3. The summed E-state index contributed by atoms with van der Waals surface area (Å²) in [4.78, 5) is 98.8. The van der Waals surface area contributed by atoms with Gasteiger partial charge in [-0.25, -0.2) is 52.5 Å². The van der Waals surface area contributed by atoms with E-state index in [4.69, 9.17) is 87.9 Å². The fourth-order valence-corrected chi connectivity index (χ4v) is 18.3. The van der Waals surface area contributed by atoms with Crippen molar-refractivity contribution >= 4 is 178 Å².